The summed E-state index contributed by atoms with van der Waals surface area (Å²) in [6.07, 6.45) is 0.777. The second kappa shape index (κ2) is 7.00. The fourth-order valence-corrected chi connectivity index (χ4v) is 2.57. The Morgan fingerprint density at radius 2 is 1.87 bits per heavy atom. The van der Waals surface area contributed by atoms with Crippen molar-refractivity contribution in [3.63, 3.8) is 0 Å². The molecule has 1 aromatic carbocycles. The lowest BCUT2D eigenvalue weighted by molar-refractivity contribution is -0.148. The van der Waals surface area contributed by atoms with Crippen LogP contribution in [0.4, 0.5) is 5.69 Å². The molecule has 1 aliphatic rings. The van der Waals surface area contributed by atoms with Crippen LogP contribution < -0.4 is 5.32 Å². The third-order valence-corrected chi connectivity index (χ3v) is 4.17. The van der Waals surface area contributed by atoms with Crippen LogP contribution in [0.15, 0.2) is 24.3 Å². The van der Waals surface area contributed by atoms with Gasteiger partial charge in [-0.05, 0) is 32.0 Å². The number of nitrogens with zero attached hydrogens (tertiary/aromatic N) is 2. The smallest absolute Gasteiger partial charge is 0.239 e. The molecule has 1 heterocycles. The van der Waals surface area contributed by atoms with Crippen LogP contribution in [0.5, 0.6) is 0 Å². The summed E-state index contributed by atoms with van der Waals surface area (Å²) in [7, 11) is 0. The molecular formula is C16H20ClN3O3. The van der Waals surface area contributed by atoms with Crippen molar-refractivity contribution in [2.75, 3.05) is 31.5 Å². The highest BCUT2D eigenvalue weighted by Crippen LogP contribution is 2.24. The van der Waals surface area contributed by atoms with Crippen molar-refractivity contribution in [1.29, 1.82) is 0 Å². The van der Waals surface area contributed by atoms with Gasteiger partial charge in [-0.15, -0.1) is 0 Å². The van der Waals surface area contributed by atoms with E-state index in [-0.39, 0.29) is 11.8 Å². The van der Waals surface area contributed by atoms with Crippen LogP contribution in [0, 0.1) is 5.41 Å². The lowest BCUT2D eigenvalue weighted by Crippen LogP contribution is -2.54. The van der Waals surface area contributed by atoms with Crippen LogP contribution in [0.25, 0.3) is 0 Å². The van der Waals surface area contributed by atoms with Crippen molar-refractivity contribution in [3.8, 4) is 0 Å². The number of piperazine rings is 1. The molecule has 0 atom stereocenters. The Morgan fingerprint density at radius 1 is 1.22 bits per heavy atom. The molecule has 124 valence electrons. The van der Waals surface area contributed by atoms with E-state index < -0.39 is 5.41 Å². The summed E-state index contributed by atoms with van der Waals surface area (Å²) < 4.78 is 0. The molecule has 1 N–H and O–H groups in total. The predicted molar refractivity (Wildman–Crippen MR) is 88.1 cm³/mol. The first kappa shape index (κ1) is 17.3. The highest BCUT2D eigenvalue weighted by molar-refractivity contribution is 6.31. The van der Waals surface area contributed by atoms with Crippen LogP contribution in [-0.4, -0.2) is 54.2 Å². The third-order valence-electron chi connectivity index (χ3n) is 3.94. The monoisotopic (exact) mass is 337 g/mol. The maximum Gasteiger partial charge on any atom is 0.239 e. The minimum atomic E-state index is -1.20. The molecular weight excluding hydrogens is 318 g/mol. The van der Waals surface area contributed by atoms with Gasteiger partial charge in [0.05, 0.1) is 0 Å². The number of rotatable bonds is 4. The van der Waals surface area contributed by atoms with Gasteiger partial charge < -0.3 is 15.1 Å². The maximum atomic E-state index is 12.6. The van der Waals surface area contributed by atoms with E-state index in [9.17, 15) is 14.4 Å². The Morgan fingerprint density at radius 3 is 2.43 bits per heavy atom. The van der Waals surface area contributed by atoms with E-state index in [1.165, 1.54) is 0 Å². The van der Waals surface area contributed by atoms with Gasteiger partial charge in [0.25, 0.3) is 0 Å². The average molecular weight is 338 g/mol. The van der Waals surface area contributed by atoms with E-state index in [1.807, 2.05) is 0 Å². The molecule has 1 aromatic rings. The van der Waals surface area contributed by atoms with Crippen LogP contribution >= 0.6 is 11.6 Å². The van der Waals surface area contributed by atoms with E-state index in [1.54, 1.807) is 47.9 Å². The summed E-state index contributed by atoms with van der Waals surface area (Å²) in [5.41, 5.74) is -0.653. The molecule has 0 radical (unpaired) electrons. The molecule has 0 spiro atoms. The summed E-state index contributed by atoms with van der Waals surface area (Å²) in [5.74, 6) is -0.634. The van der Waals surface area contributed by atoms with E-state index in [4.69, 9.17) is 11.6 Å². The molecule has 0 unspecified atom stereocenters. The van der Waals surface area contributed by atoms with Crippen LogP contribution in [0.2, 0.25) is 5.02 Å². The Kier molecular flexibility index (Phi) is 5.26. The van der Waals surface area contributed by atoms with Gasteiger partial charge in [0.1, 0.15) is 5.41 Å². The number of carbonyl (C=O) groups excluding carboxylic acids is 3. The zero-order chi connectivity index (χ0) is 17.0. The number of nitrogens with one attached hydrogen (secondary N) is 1. The molecule has 0 bridgehead atoms. The standard InChI is InChI=1S/C16H20ClN3O3/c1-16(2,14(22)18-13-5-3-4-12(17)10-13)15(23)20-8-6-19(11-21)7-9-20/h3-5,10-11H,6-9H2,1-2H3,(H,18,22). The molecule has 6 nitrogen and oxygen atoms in total. The van der Waals surface area contributed by atoms with Crippen LogP contribution in [-0.2, 0) is 14.4 Å². The van der Waals surface area contributed by atoms with Crippen molar-refractivity contribution in [2.45, 2.75) is 13.8 Å². The third kappa shape index (κ3) is 4.01. The first-order valence-corrected chi connectivity index (χ1v) is 7.78. The number of carbonyl (C=O) groups is 3. The normalized spacial score (nSPS) is 15.3. The highest BCUT2D eigenvalue weighted by atomic mass is 35.5. The SMILES string of the molecule is CC(C)(C(=O)Nc1cccc(Cl)c1)C(=O)N1CCN(C=O)CC1. The molecule has 2 rings (SSSR count). The Bertz CT molecular complexity index is 610. The molecule has 23 heavy (non-hydrogen) atoms. The van der Waals surface area contributed by atoms with Gasteiger partial charge in [-0.1, -0.05) is 17.7 Å². The first-order chi connectivity index (χ1) is 10.8. The summed E-state index contributed by atoms with van der Waals surface area (Å²) in [4.78, 5) is 39.1. The van der Waals surface area contributed by atoms with Gasteiger partial charge in [-0.3, -0.25) is 14.4 Å². The summed E-state index contributed by atoms with van der Waals surface area (Å²) in [6.45, 7) is 5.04. The van der Waals surface area contributed by atoms with Crippen molar-refractivity contribution in [3.05, 3.63) is 29.3 Å². The zero-order valence-electron chi connectivity index (χ0n) is 13.2. The number of amides is 3. The van der Waals surface area contributed by atoms with E-state index >= 15 is 0 Å². The van der Waals surface area contributed by atoms with Crippen LogP contribution in [0.3, 0.4) is 0 Å². The fourth-order valence-electron chi connectivity index (χ4n) is 2.38. The van der Waals surface area contributed by atoms with Crippen LogP contribution in [0.1, 0.15) is 13.8 Å². The van der Waals surface area contributed by atoms with Gasteiger partial charge >= 0.3 is 0 Å². The lowest BCUT2D eigenvalue weighted by Gasteiger charge is -2.36. The Balaban J connectivity index is 2.03. The van der Waals surface area contributed by atoms with Crippen molar-refractivity contribution in [1.82, 2.24) is 9.80 Å². The van der Waals surface area contributed by atoms with Crippen molar-refractivity contribution < 1.29 is 14.4 Å². The average Bonchev–Trinajstić information content (AvgIpc) is 2.54. The highest BCUT2D eigenvalue weighted by Gasteiger charge is 2.40. The fraction of sp³-hybridized carbons (Fsp3) is 0.438. The van der Waals surface area contributed by atoms with Gasteiger partial charge in [-0.2, -0.15) is 0 Å². The molecule has 7 heteroatoms. The number of halogens is 1. The molecule has 0 aliphatic carbocycles. The maximum absolute atomic E-state index is 12.6. The van der Waals surface area contributed by atoms with Gasteiger partial charge in [0.2, 0.25) is 18.2 Å². The summed E-state index contributed by atoms with van der Waals surface area (Å²) >= 11 is 5.89. The second-order valence-electron chi connectivity index (χ2n) is 6.02. The first-order valence-electron chi connectivity index (χ1n) is 7.40. The van der Waals surface area contributed by atoms with Gasteiger partial charge in [0.15, 0.2) is 0 Å². The molecule has 0 aromatic heterocycles. The van der Waals surface area contributed by atoms with Crippen molar-refractivity contribution >= 4 is 35.5 Å². The summed E-state index contributed by atoms with van der Waals surface area (Å²) in [5, 5.41) is 3.24. The van der Waals surface area contributed by atoms with E-state index in [0.29, 0.717) is 36.9 Å². The minimum Gasteiger partial charge on any atom is -0.342 e. The molecule has 0 saturated carbocycles. The van der Waals surface area contributed by atoms with Gasteiger partial charge in [0, 0.05) is 36.9 Å². The van der Waals surface area contributed by atoms with E-state index in [2.05, 4.69) is 5.32 Å². The number of anilines is 1. The largest absolute Gasteiger partial charge is 0.342 e. The van der Waals surface area contributed by atoms with Gasteiger partial charge in [-0.25, -0.2) is 0 Å². The van der Waals surface area contributed by atoms with E-state index in [0.717, 1.165) is 6.41 Å². The quantitative estimate of drug-likeness (QED) is 0.670. The van der Waals surface area contributed by atoms with Crippen molar-refractivity contribution in [2.24, 2.45) is 5.41 Å². The lowest BCUT2D eigenvalue weighted by atomic mass is 9.89. The number of hydrogen-bond donors (Lipinski definition) is 1. The topological polar surface area (TPSA) is 69.7 Å². The molecule has 1 saturated heterocycles. The predicted octanol–water partition coefficient (Wildman–Crippen LogP) is 1.61. The number of benzene rings is 1. The molecule has 1 fully saturated rings. The molecule has 3 amide bonds. The molecule has 1 aliphatic heterocycles. The Labute approximate surface area is 140 Å². The number of hydrogen-bond acceptors (Lipinski definition) is 3. The minimum absolute atomic E-state index is 0.248. The zero-order valence-corrected chi connectivity index (χ0v) is 14.0. The summed E-state index contributed by atoms with van der Waals surface area (Å²) in [6, 6.07) is 6.78. The Hall–Kier alpha value is -2.08. The second-order valence-corrected chi connectivity index (χ2v) is 6.46.